The summed E-state index contributed by atoms with van der Waals surface area (Å²) in [5, 5.41) is 0. The van der Waals surface area contributed by atoms with Crippen LogP contribution < -0.4 is 0 Å². The highest BCUT2D eigenvalue weighted by molar-refractivity contribution is 5.26. The molecule has 0 heteroatoms. The molecule has 0 atom stereocenters. The van der Waals surface area contributed by atoms with Gasteiger partial charge in [-0.05, 0) is 44.1 Å². The van der Waals surface area contributed by atoms with Gasteiger partial charge in [-0.2, -0.15) is 0 Å². The lowest BCUT2D eigenvalue weighted by molar-refractivity contribution is 0.359. The van der Waals surface area contributed by atoms with E-state index in [0.29, 0.717) is 0 Å². The van der Waals surface area contributed by atoms with Crippen molar-refractivity contribution in [2.24, 2.45) is 11.8 Å². The van der Waals surface area contributed by atoms with Crippen molar-refractivity contribution in [2.45, 2.75) is 59.3 Å². The van der Waals surface area contributed by atoms with Gasteiger partial charge < -0.3 is 0 Å². The summed E-state index contributed by atoms with van der Waals surface area (Å²) in [6, 6.07) is 0. The molecule has 1 fully saturated rings. The molecule has 0 unspecified atom stereocenters. The van der Waals surface area contributed by atoms with Crippen molar-refractivity contribution < 1.29 is 0 Å². The molecule has 17 heavy (non-hydrogen) atoms. The fourth-order valence-corrected chi connectivity index (χ4v) is 2.77. The molecule has 0 aliphatic heterocycles. The van der Waals surface area contributed by atoms with Crippen LogP contribution in [-0.4, -0.2) is 0 Å². The monoisotopic (exact) mass is 232 g/mol. The maximum Gasteiger partial charge on any atom is -0.0162 e. The van der Waals surface area contributed by atoms with E-state index in [1.165, 1.54) is 44.1 Å². The van der Waals surface area contributed by atoms with Crippen LogP contribution in [0.2, 0.25) is 0 Å². The second kappa shape index (κ2) is 8.33. The van der Waals surface area contributed by atoms with Gasteiger partial charge >= 0.3 is 0 Å². The summed E-state index contributed by atoms with van der Waals surface area (Å²) in [6.07, 6.45) is 19.5. The first-order chi connectivity index (χ1) is 8.27. The van der Waals surface area contributed by atoms with Crippen LogP contribution in [0.5, 0.6) is 0 Å². The molecule has 0 amide bonds. The summed E-state index contributed by atoms with van der Waals surface area (Å²) in [5.74, 6) is 1.73. The third kappa shape index (κ3) is 5.39. The zero-order valence-corrected chi connectivity index (χ0v) is 11.8. The zero-order chi connectivity index (χ0) is 12.5. The molecule has 0 aromatic carbocycles. The molecule has 1 saturated carbocycles. The first-order valence-corrected chi connectivity index (χ1v) is 7.23. The molecule has 0 aromatic heterocycles. The van der Waals surface area contributed by atoms with Gasteiger partial charge in [0.05, 0.1) is 0 Å². The molecular formula is C17H28. The van der Waals surface area contributed by atoms with Crippen LogP contribution in [0.3, 0.4) is 0 Å². The first kappa shape index (κ1) is 14.3. The van der Waals surface area contributed by atoms with Crippen molar-refractivity contribution in [3.05, 3.63) is 36.0 Å². The van der Waals surface area contributed by atoms with Gasteiger partial charge in [0.2, 0.25) is 0 Å². The van der Waals surface area contributed by atoms with E-state index in [1.54, 1.807) is 0 Å². The van der Waals surface area contributed by atoms with Gasteiger partial charge in [-0.25, -0.2) is 0 Å². The third-order valence-corrected chi connectivity index (χ3v) is 3.81. The largest absolute Gasteiger partial charge is 0.0877 e. The third-order valence-electron chi connectivity index (χ3n) is 3.81. The van der Waals surface area contributed by atoms with Gasteiger partial charge in [-0.15, -0.1) is 0 Å². The van der Waals surface area contributed by atoms with Crippen LogP contribution in [0.15, 0.2) is 36.0 Å². The highest BCUT2D eigenvalue weighted by Gasteiger charge is 2.16. The number of rotatable bonds is 3. The summed E-state index contributed by atoms with van der Waals surface area (Å²) in [4.78, 5) is 0. The molecule has 1 aliphatic carbocycles. The van der Waals surface area contributed by atoms with Crippen molar-refractivity contribution >= 4 is 0 Å². The summed E-state index contributed by atoms with van der Waals surface area (Å²) >= 11 is 0. The molecule has 0 heterocycles. The van der Waals surface area contributed by atoms with Crippen LogP contribution >= 0.6 is 0 Å². The average molecular weight is 232 g/mol. The Morgan fingerprint density at radius 3 is 2.12 bits per heavy atom. The van der Waals surface area contributed by atoms with E-state index in [0.717, 1.165) is 11.8 Å². The standard InChI is InChI=1S/C17H28/c1-4-6-12-16(9-5-2)17-13-7-10-15(3)11-8-14-17/h4-6,9,12,15,17H,7-8,10-11,13-14H2,1-3H3/b6-4-,9-5-,16-12+. The quantitative estimate of drug-likeness (QED) is 0.550. The smallest absolute Gasteiger partial charge is 0.0162 e. The molecule has 0 aromatic rings. The molecule has 1 rings (SSSR count). The molecule has 0 radical (unpaired) electrons. The van der Waals surface area contributed by atoms with E-state index in [1.807, 2.05) is 0 Å². The van der Waals surface area contributed by atoms with Gasteiger partial charge in [0.1, 0.15) is 0 Å². The van der Waals surface area contributed by atoms with E-state index in [9.17, 15) is 0 Å². The predicted octanol–water partition coefficient (Wildman–Crippen LogP) is 5.67. The van der Waals surface area contributed by atoms with Crippen molar-refractivity contribution in [3.63, 3.8) is 0 Å². The number of allylic oxidation sites excluding steroid dienone is 6. The van der Waals surface area contributed by atoms with Crippen molar-refractivity contribution in [1.82, 2.24) is 0 Å². The first-order valence-electron chi connectivity index (χ1n) is 7.23. The Morgan fingerprint density at radius 1 is 0.941 bits per heavy atom. The topological polar surface area (TPSA) is 0 Å². The van der Waals surface area contributed by atoms with Crippen LogP contribution in [0, 0.1) is 11.8 Å². The Kier molecular flexibility index (Phi) is 7.00. The highest BCUT2D eigenvalue weighted by Crippen LogP contribution is 2.30. The molecule has 0 bridgehead atoms. The van der Waals surface area contributed by atoms with Crippen molar-refractivity contribution in [3.8, 4) is 0 Å². The normalized spacial score (nSPS) is 28.5. The molecule has 96 valence electrons. The van der Waals surface area contributed by atoms with Gasteiger partial charge in [0, 0.05) is 0 Å². The Labute approximate surface area is 108 Å². The average Bonchev–Trinajstić information content (AvgIpc) is 2.29. The fourth-order valence-electron chi connectivity index (χ4n) is 2.77. The van der Waals surface area contributed by atoms with Gasteiger partial charge in [-0.1, -0.05) is 63.0 Å². The minimum absolute atomic E-state index is 0.787. The molecule has 1 aliphatic rings. The van der Waals surface area contributed by atoms with Crippen LogP contribution in [0.4, 0.5) is 0 Å². The second-order valence-corrected chi connectivity index (χ2v) is 5.36. The maximum absolute atomic E-state index is 2.41. The summed E-state index contributed by atoms with van der Waals surface area (Å²) in [5.41, 5.74) is 1.53. The Morgan fingerprint density at radius 2 is 1.59 bits per heavy atom. The number of hydrogen-bond donors (Lipinski definition) is 0. The molecule has 0 nitrogen and oxygen atoms in total. The van der Waals surface area contributed by atoms with Gasteiger partial charge in [-0.3, -0.25) is 0 Å². The second-order valence-electron chi connectivity index (χ2n) is 5.36. The van der Waals surface area contributed by atoms with E-state index < -0.39 is 0 Å². The lowest BCUT2D eigenvalue weighted by atomic mass is 9.82. The number of hydrogen-bond acceptors (Lipinski definition) is 0. The lowest BCUT2D eigenvalue weighted by Gasteiger charge is -2.23. The highest BCUT2D eigenvalue weighted by atomic mass is 14.2. The van der Waals surface area contributed by atoms with Gasteiger partial charge in [0.25, 0.3) is 0 Å². The lowest BCUT2D eigenvalue weighted by Crippen LogP contribution is -2.09. The van der Waals surface area contributed by atoms with Crippen molar-refractivity contribution in [1.29, 1.82) is 0 Å². The van der Waals surface area contributed by atoms with Gasteiger partial charge in [0.15, 0.2) is 0 Å². The SMILES string of the molecule is C\C=C/C=C(\C=C/C)C1CCCC(C)CCC1. The minimum Gasteiger partial charge on any atom is -0.0877 e. The molecule has 0 N–H and O–H groups in total. The van der Waals surface area contributed by atoms with E-state index >= 15 is 0 Å². The summed E-state index contributed by atoms with van der Waals surface area (Å²) in [6.45, 7) is 6.61. The fraction of sp³-hybridized carbons (Fsp3) is 0.647. The maximum atomic E-state index is 2.41. The van der Waals surface area contributed by atoms with Crippen molar-refractivity contribution in [2.75, 3.05) is 0 Å². The summed E-state index contributed by atoms with van der Waals surface area (Å²) < 4.78 is 0. The Bertz CT molecular complexity index is 270. The molecule has 0 spiro atoms. The zero-order valence-electron chi connectivity index (χ0n) is 11.8. The Balaban J connectivity index is 2.66. The predicted molar refractivity (Wildman–Crippen MR) is 78.1 cm³/mol. The summed E-state index contributed by atoms with van der Waals surface area (Å²) in [7, 11) is 0. The van der Waals surface area contributed by atoms with Crippen LogP contribution in [0.1, 0.15) is 59.3 Å². The van der Waals surface area contributed by atoms with Crippen LogP contribution in [0.25, 0.3) is 0 Å². The van der Waals surface area contributed by atoms with E-state index in [2.05, 4.69) is 51.2 Å². The van der Waals surface area contributed by atoms with Crippen LogP contribution in [-0.2, 0) is 0 Å². The van der Waals surface area contributed by atoms with E-state index in [-0.39, 0.29) is 0 Å². The minimum atomic E-state index is 0.787. The molecular weight excluding hydrogens is 204 g/mol. The molecule has 0 saturated heterocycles. The Hall–Kier alpha value is -0.780. The van der Waals surface area contributed by atoms with E-state index in [4.69, 9.17) is 0 Å².